The first kappa shape index (κ1) is 28.4. The Hall–Kier alpha value is -4.14. The highest BCUT2D eigenvalue weighted by atomic mass is 127. The van der Waals surface area contributed by atoms with E-state index >= 15 is 0 Å². The number of guanidine groups is 1. The molecule has 1 aromatic heterocycles. The summed E-state index contributed by atoms with van der Waals surface area (Å²) >= 11 is 2.09. The van der Waals surface area contributed by atoms with E-state index in [-0.39, 0.29) is 28.9 Å². The maximum atomic E-state index is 12.8. The van der Waals surface area contributed by atoms with Crippen molar-refractivity contribution >= 4 is 52.1 Å². The van der Waals surface area contributed by atoms with Crippen molar-refractivity contribution in [2.24, 2.45) is 4.99 Å². The summed E-state index contributed by atoms with van der Waals surface area (Å²) in [6, 6.07) is 17.4. The molecule has 2 aliphatic rings. The average Bonchev–Trinajstić information content (AvgIpc) is 3.36. The number of alkyl halides is 1. The third-order valence-corrected chi connectivity index (χ3v) is 7.87. The number of halogens is 1. The van der Waals surface area contributed by atoms with Crippen LogP contribution in [-0.2, 0) is 10.8 Å². The summed E-state index contributed by atoms with van der Waals surface area (Å²) in [5.41, 5.74) is 13.0. The molecule has 0 radical (unpaired) electrons. The van der Waals surface area contributed by atoms with E-state index in [1.54, 1.807) is 0 Å². The molecule has 0 saturated carbocycles. The number of urea groups is 1. The van der Waals surface area contributed by atoms with Gasteiger partial charge in [0.25, 0.3) is 0 Å². The van der Waals surface area contributed by atoms with E-state index in [9.17, 15) is 9.59 Å². The largest absolute Gasteiger partial charge is 0.457 e. The molecule has 41 heavy (non-hydrogen) atoms. The van der Waals surface area contributed by atoms with Gasteiger partial charge in [-0.05, 0) is 49.1 Å². The number of ether oxygens (including phenoxy) is 1. The van der Waals surface area contributed by atoms with Crippen molar-refractivity contribution in [1.82, 2.24) is 30.8 Å². The van der Waals surface area contributed by atoms with Crippen molar-refractivity contribution in [2.75, 3.05) is 37.6 Å². The molecule has 2 aliphatic heterocycles. The predicted octanol–water partition coefficient (Wildman–Crippen LogP) is 2.84. The molecule has 3 heterocycles. The van der Waals surface area contributed by atoms with Crippen LogP contribution in [0.4, 0.5) is 16.4 Å². The van der Waals surface area contributed by atoms with Crippen molar-refractivity contribution in [3.8, 4) is 11.5 Å². The smallest absolute Gasteiger partial charge is 0.317 e. The van der Waals surface area contributed by atoms with E-state index in [1.807, 2.05) is 59.5 Å². The number of likely N-dealkylation sites (tertiary alicyclic amines) is 1. The zero-order chi connectivity index (χ0) is 28.8. The van der Waals surface area contributed by atoms with Gasteiger partial charge in [0.05, 0.1) is 11.2 Å². The Morgan fingerprint density at radius 2 is 1.73 bits per heavy atom. The van der Waals surface area contributed by atoms with E-state index in [1.165, 1.54) is 0 Å². The van der Waals surface area contributed by atoms with Crippen LogP contribution in [0.3, 0.4) is 0 Å². The molecule has 2 aromatic carbocycles. The number of aliphatic imine (C=N–C) groups is 1. The molecule has 0 atom stereocenters. The van der Waals surface area contributed by atoms with E-state index < -0.39 is 5.91 Å². The Balaban J connectivity index is 1.07. The van der Waals surface area contributed by atoms with Crippen molar-refractivity contribution < 1.29 is 14.3 Å². The summed E-state index contributed by atoms with van der Waals surface area (Å²) in [6.45, 7) is 2.31. The Kier molecular flexibility index (Phi) is 8.71. The average molecular weight is 670 g/mol. The number of para-hydroxylation sites is 1. The highest BCUT2D eigenvalue weighted by molar-refractivity contribution is 14.1. The Morgan fingerprint density at radius 3 is 2.44 bits per heavy atom. The molecule has 0 aliphatic carbocycles. The molecule has 0 unspecified atom stereocenters. The minimum Gasteiger partial charge on any atom is -0.457 e. The monoisotopic (exact) mass is 669 g/mol. The molecule has 7 N–H and O–H groups in total. The van der Waals surface area contributed by atoms with Crippen molar-refractivity contribution in [1.29, 1.82) is 0 Å². The van der Waals surface area contributed by atoms with Crippen LogP contribution >= 0.6 is 22.6 Å². The third kappa shape index (κ3) is 6.96. The highest BCUT2D eigenvalue weighted by Gasteiger charge is 2.40. The molecule has 214 valence electrons. The van der Waals surface area contributed by atoms with Crippen LogP contribution < -0.4 is 32.2 Å². The standard InChI is InChI=1S/C28H32IN9O3/c29-16-21-23(30)35-24(31)22(34-21)25(39)36-26-33-17-28(37-26)11-14-38(15-12-28)27(40)32-13-10-18-6-8-20(9-7-18)41-19-4-2-1-3-5-19/h1-9H,10-17H2,(H,32,40)(H4,30,31,35)(H2,33,36,37,39). The van der Waals surface area contributed by atoms with Crippen LogP contribution in [0.2, 0.25) is 0 Å². The normalized spacial score (nSPS) is 16.7. The van der Waals surface area contributed by atoms with Gasteiger partial charge in [0.2, 0.25) is 0 Å². The number of aromatic nitrogens is 2. The number of rotatable bonds is 7. The predicted molar refractivity (Wildman–Crippen MR) is 165 cm³/mol. The fourth-order valence-electron chi connectivity index (χ4n) is 4.78. The van der Waals surface area contributed by atoms with Gasteiger partial charge in [-0.15, -0.1) is 0 Å². The number of anilines is 2. The molecule has 0 bridgehead atoms. The van der Waals surface area contributed by atoms with Gasteiger partial charge < -0.3 is 37.1 Å². The second-order valence-corrected chi connectivity index (χ2v) is 10.7. The van der Waals surface area contributed by atoms with Gasteiger partial charge >= 0.3 is 11.9 Å². The Morgan fingerprint density at radius 1 is 1.02 bits per heavy atom. The van der Waals surface area contributed by atoms with E-state index in [4.69, 9.17) is 16.2 Å². The fraction of sp³-hybridized carbons (Fsp3) is 0.321. The number of carbonyl (C=O) groups excluding carboxylic acids is 2. The number of nitrogens with one attached hydrogen (secondary N) is 3. The Labute approximate surface area is 251 Å². The lowest BCUT2D eigenvalue weighted by Gasteiger charge is -2.38. The third-order valence-electron chi connectivity index (χ3n) is 7.15. The number of nitrogens with zero attached hydrogens (tertiary/aromatic N) is 4. The van der Waals surface area contributed by atoms with Crippen LogP contribution in [0, 0.1) is 0 Å². The van der Waals surface area contributed by atoms with E-state index in [2.05, 4.69) is 53.5 Å². The first-order chi connectivity index (χ1) is 19.8. The highest BCUT2D eigenvalue weighted by Crippen LogP contribution is 2.25. The lowest BCUT2D eigenvalue weighted by molar-refractivity contribution is 0.0998. The molecule has 12 nitrogen and oxygen atoms in total. The summed E-state index contributed by atoms with van der Waals surface area (Å²) in [5, 5.41) is 9.53. The van der Waals surface area contributed by atoms with Crippen molar-refractivity contribution in [2.45, 2.75) is 29.2 Å². The van der Waals surface area contributed by atoms with E-state index in [0.717, 1.165) is 23.5 Å². The van der Waals surface area contributed by atoms with Crippen LogP contribution in [0.1, 0.15) is 34.6 Å². The first-order valence-corrected chi connectivity index (χ1v) is 14.8. The lowest BCUT2D eigenvalue weighted by atomic mass is 9.89. The molecule has 3 aromatic rings. The molecule has 5 rings (SSSR count). The number of amides is 3. The minimum absolute atomic E-state index is 0.0223. The molecule has 3 amide bonds. The molecular formula is C28H32IN9O3. The van der Waals surface area contributed by atoms with E-state index in [0.29, 0.717) is 55.1 Å². The number of hydrogen-bond acceptors (Lipinski definition) is 7. The number of nitrogen functional groups attached to an aromatic ring is 2. The zero-order valence-corrected chi connectivity index (χ0v) is 24.6. The summed E-state index contributed by atoms with van der Waals surface area (Å²) in [7, 11) is 0. The first-order valence-electron chi connectivity index (χ1n) is 13.3. The zero-order valence-electron chi connectivity index (χ0n) is 22.4. The molecule has 1 spiro atoms. The summed E-state index contributed by atoms with van der Waals surface area (Å²) in [4.78, 5) is 39.7. The number of piperidine rings is 1. The van der Waals surface area contributed by atoms with Gasteiger partial charge in [-0.3, -0.25) is 4.79 Å². The van der Waals surface area contributed by atoms with Crippen molar-refractivity contribution in [3.63, 3.8) is 0 Å². The quantitative estimate of drug-likeness (QED) is 0.187. The van der Waals surface area contributed by atoms with Crippen molar-refractivity contribution in [3.05, 3.63) is 71.5 Å². The molecule has 13 heteroatoms. The number of nitrogens with two attached hydrogens (primary N) is 2. The summed E-state index contributed by atoms with van der Waals surface area (Å²) in [6.07, 6.45) is 2.15. The second kappa shape index (κ2) is 12.6. The van der Waals surface area contributed by atoms with Crippen LogP contribution in [-0.4, -0.2) is 64.5 Å². The summed E-state index contributed by atoms with van der Waals surface area (Å²) in [5.74, 6) is 1.49. The minimum atomic E-state index is -0.594. The molecule has 2 fully saturated rings. The van der Waals surface area contributed by atoms with Crippen LogP contribution in [0.25, 0.3) is 0 Å². The Bertz CT molecular complexity index is 1430. The second-order valence-electron chi connectivity index (χ2n) is 9.98. The molecular weight excluding hydrogens is 637 g/mol. The SMILES string of the molecule is Nc1nc(N)c(C(=O)/N=C2\NCC3(CCN(C(=O)NCCc4ccc(Oc5ccccc5)cc4)CC3)N2)nc1CI. The van der Waals surface area contributed by atoms with Gasteiger partial charge in [0, 0.05) is 30.6 Å². The van der Waals surface area contributed by atoms with Gasteiger partial charge in [-0.2, -0.15) is 4.99 Å². The maximum absolute atomic E-state index is 12.8. The van der Waals surface area contributed by atoms with Gasteiger partial charge in [-0.25, -0.2) is 14.8 Å². The maximum Gasteiger partial charge on any atom is 0.317 e. The topological polar surface area (TPSA) is 173 Å². The number of benzene rings is 2. The number of carbonyl (C=O) groups is 2. The van der Waals surface area contributed by atoms with Gasteiger partial charge in [0.15, 0.2) is 17.5 Å². The fourth-order valence-corrected chi connectivity index (χ4v) is 5.34. The van der Waals surface area contributed by atoms with Gasteiger partial charge in [-0.1, -0.05) is 52.9 Å². The summed E-state index contributed by atoms with van der Waals surface area (Å²) < 4.78 is 6.33. The van der Waals surface area contributed by atoms with Gasteiger partial charge in [0.1, 0.15) is 17.3 Å². The van der Waals surface area contributed by atoms with Crippen LogP contribution in [0.5, 0.6) is 11.5 Å². The molecule has 2 saturated heterocycles. The van der Waals surface area contributed by atoms with Crippen LogP contribution in [0.15, 0.2) is 59.6 Å². The lowest BCUT2D eigenvalue weighted by Crippen LogP contribution is -2.55. The number of hydrogen-bond donors (Lipinski definition) is 5.